The first-order valence-corrected chi connectivity index (χ1v) is 5.92. The zero-order valence-corrected chi connectivity index (χ0v) is 10.0. The van der Waals surface area contributed by atoms with Gasteiger partial charge in [-0.25, -0.2) is 4.79 Å². The SMILES string of the molecule is CCCCCC1CC(=CC(=O)O)C1(C)C. The molecule has 1 saturated carbocycles. The van der Waals surface area contributed by atoms with E-state index >= 15 is 0 Å². The number of carbonyl (C=O) groups is 1. The van der Waals surface area contributed by atoms with Gasteiger partial charge in [-0.15, -0.1) is 0 Å². The van der Waals surface area contributed by atoms with E-state index in [1.807, 2.05) is 0 Å². The molecule has 0 aromatic heterocycles. The van der Waals surface area contributed by atoms with Crippen molar-refractivity contribution < 1.29 is 9.90 Å². The lowest BCUT2D eigenvalue weighted by molar-refractivity contribution is -0.131. The number of carboxylic acids is 1. The molecule has 0 amide bonds. The fourth-order valence-corrected chi connectivity index (χ4v) is 2.41. The zero-order valence-electron chi connectivity index (χ0n) is 10.0. The third-order valence-electron chi connectivity index (χ3n) is 3.77. The Morgan fingerprint density at radius 1 is 1.53 bits per heavy atom. The Balaban J connectivity index is 2.45. The maximum absolute atomic E-state index is 10.6. The second kappa shape index (κ2) is 4.82. The van der Waals surface area contributed by atoms with Crippen molar-refractivity contribution >= 4 is 5.97 Å². The molecule has 1 atom stereocenters. The van der Waals surface area contributed by atoms with Crippen LogP contribution in [0.1, 0.15) is 52.9 Å². The van der Waals surface area contributed by atoms with Crippen molar-refractivity contribution in [3.63, 3.8) is 0 Å². The molecule has 0 bridgehead atoms. The van der Waals surface area contributed by atoms with Crippen LogP contribution in [0.2, 0.25) is 0 Å². The van der Waals surface area contributed by atoms with E-state index in [2.05, 4.69) is 20.8 Å². The van der Waals surface area contributed by atoms with Crippen LogP contribution < -0.4 is 0 Å². The van der Waals surface area contributed by atoms with Gasteiger partial charge in [0.05, 0.1) is 0 Å². The molecule has 0 saturated heterocycles. The Morgan fingerprint density at radius 2 is 2.20 bits per heavy atom. The second-order valence-corrected chi connectivity index (χ2v) is 5.13. The smallest absolute Gasteiger partial charge is 0.328 e. The van der Waals surface area contributed by atoms with Gasteiger partial charge in [-0.3, -0.25) is 0 Å². The standard InChI is InChI=1S/C13H22O2/c1-4-5-6-7-10-8-11(9-12(14)15)13(10,2)3/h9-10H,4-8H2,1-3H3,(H,14,15). The summed E-state index contributed by atoms with van der Waals surface area (Å²) in [6.45, 7) is 6.55. The predicted molar refractivity (Wildman–Crippen MR) is 61.7 cm³/mol. The summed E-state index contributed by atoms with van der Waals surface area (Å²) in [6.07, 6.45) is 7.47. The van der Waals surface area contributed by atoms with Gasteiger partial charge in [-0.1, -0.05) is 45.6 Å². The molecule has 0 aromatic carbocycles. The van der Waals surface area contributed by atoms with Gasteiger partial charge in [0.2, 0.25) is 0 Å². The minimum absolute atomic E-state index is 0.117. The van der Waals surface area contributed by atoms with Crippen LogP contribution in [0.5, 0.6) is 0 Å². The van der Waals surface area contributed by atoms with Crippen LogP contribution in [0.4, 0.5) is 0 Å². The summed E-state index contributed by atoms with van der Waals surface area (Å²) in [5.41, 5.74) is 1.23. The molecule has 1 aliphatic carbocycles. The number of aliphatic carboxylic acids is 1. The molecule has 2 nitrogen and oxygen atoms in total. The van der Waals surface area contributed by atoms with Crippen LogP contribution in [0, 0.1) is 11.3 Å². The summed E-state index contributed by atoms with van der Waals surface area (Å²) in [5.74, 6) is -0.111. The van der Waals surface area contributed by atoms with Crippen LogP contribution in [-0.4, -0.2) is 11.1 Å². The lowest BCUT2D eigenvalue weighted by atomic mass is 9.57. The third kappa shape index (κ3) is 2.83. The molecule has 1 N–H and O–H groups in total. The van der Waals surface area contributed by atoms with E-state index in [9.17, 15) is 4.79 Å². The van der Waals surface area contributed by atoms with Gasteiger partial charge in [-0.2, -0.15) is 0 Å². The molecule has 15 heavy (non-hydrogen) atoms. The molecule has 0 spiro atoms. The number of unbranched alkanes of at least 4 members (excludes halogenated alkanes) is 2. The van der Waals surface area contributed by atoms with E-state index in [4.69, 9.17) is 5.11 Å². The maximum atomic E-state index is 10.6. The van der Waals surface area contributed by atoms with Gasteiger partial charge >= 0.3 is 5.97 Å². The van der Waals surface area contributed by atoms with E-state index in [-0.39, 0.29) is 5.41 Å². The van der Waals surface area contributed by atoms with Crippen molar-refractivity contribution in [3.8, 4) is 0 Å². The summed E-state index contributed by atoms with van der Waals surface area (Å²) in [5, 5.41) is 8.71. The minimum Gasteiger partial charge on any atom is -0.478 e. The maximum Gasteiger partial charge on any atom is 0.328 e. The highest BCUT2D eigenvalue weighted by Crippen LogP contribution is 2.52. The number of allylic oxidation sites excluding steroid dienone is 1. The fourth-order valence-electron chi connectivity index (χ4n) is 2.41. The van der Waals surface area contributed by atoms with Gasteiger partial charge in [0, 0.05) is 6.08 Å². The Morgan fingerprint density at radius 3 is 2.67 bits per heavy atom. The molecule has 1 aliphatic rings. The average Bonchev–Trinajstić information content (AvgIpc) is 2.15. The van der Waals surface area contributed by atoms with E-state index in [0.717, 1.165) is 12.0 Å². The van der Waals surface area contributed by atoms with Gasteiger partial charge in [-0.05, 0) is 24.2 Å². The van der Waals surface area contributed by atoms with Crippen molar-refractivity contribution in [2.24, 2.45) is 11.3 Å². The first-order valence-electron chi connectivity index (χ1n) is 5.92. The van der Waals surface area contributed by atoms with Crippen LogP contribution >= 0.6 is 0 Å². The van der Waals surface area contributed by atoms with E-state index in [1.165, 1.54) is 31.8 Å². The molecule has 2 heteroatoms. The highest BCUT2D eigenvalue weighted by atomic mass is 16.4. The largest absolute Gasteiger partial charge is 0.478 e. The van der Waals surface area contributed by atoms with Crippen LogP contribution in [0.25, 0.3) is 0 Å². The number of carboxylic acid groups (broad SMARTS) is 1. The molecule has 86 valence electrons. The Bertz CT molecular complexity index is 264. The summed E-state index contributed by atoms with van der Waals surface area (Å²) < 4.78 is 0. The molecule has 0 heterocycles. The fraction of sp³-hybridized carbons (Fsp3) is 0.769. The Hall–Kier alpha value is -0.790. The monoisotopic (exact) mass is 210 g/mol. The van der Waals surface area contributed by atoms with Crippen molar-refractivity contribution in [1.29, 1.82) is 0 Å². The summed E-state index contributed by atoms with van der Waals surface area (Å²) >= 11 is 0. The summed E-state index contributed by atoms with van der Waals surface area (Å²) in [6, 6.07) is 0. The lowest BCUT2D eigenvalue weighted by Crippen LogP contribution is -2.38. The topological polar surface area (TPSA) is 37.3 Å². The quantitative estimate of drug-likeness (QED) is 0.556. The van der Waals surface area contributed by atoms with Gasteiger partial charge in [0.1, 0.15) is 0 Å². The molecule has 1 fully saturated rings. The van der Waals surface area contributed by atoms with Crippen molar-refractivity contribution in [2.45, 2.75) is 52.9 Å². The lowest BCUT2D eigenvalue weighted by Gasteiger charge is -2.47. The van der Waals surface area contributed by atoms with Crippen LogP contribution in [-0.2, 0) is 4.79 Å². The van der Waals surface area contributed by atoms with Gasteiger partial charge in [0.15, 0.2) is 0 Å². The zero-order chi connectivity index (χ0) is 11.5. The minimum atomic E-state index is -0.801. The third-order valence-corrected chi connectivity index (χ3v) is 3.77. The van der Waals surface area contributed by atoms with Crippen LogP contribution in [0.15, 0.2) is 11.6 Å². The molecule has 1 rings (SSSR count). The second-order valence-electron chi connectivity index (χ2n) is 5.13. The number of hydrogen-bond donors (Lipinski definition) is 1. The van der Waals surface area contributed by atoms with Crippen molar-refractivity contribution in [3.05, 3.63) is 11.6 Å². The molecule has 0 radical (unpaired) electrons. The predicted octanol–water partition coefficient (Wildman–Crippen LogP) is 3.62. The van der Waals surface area contributed by atoms with E-state index in [1.54, 1.807) is 0 Å². The highest BCUT2D eigenvalue weighted by molar-refractivity contribution is 5.81. The molecule has 0 aromatic rings. The number of rotatable bonds is 5. The summed E-state index contributed by atoms with van der Waals surface area (Å²) in [4.78, 5) is 10.6. The molecular weight excluding hydrogens is 188 g/mol. The Kier molecular flexibility index (Phi) is 3.95. The average molecular weight is 210 g/mol. The van der Waals surface area contributed by atoms with Crippen molar-refractivity contribution in [1.82, 2.24) is 0 Å². The number of hydrogen-bond acceptors (Lipinski definition) is 1. The van der Waals surface area contributed by atoms with Gasteiger partial charge < -0.3 is 5.11 Å². The molecular formula is C13H22O2. The normalized spacial score (nSPS) is 26.3. The highest BCUT2D eigenvalue weighted by Gasteiger charge is 2.42. The molecule has 1 unspecified atom stereocenters. The van der Waals surface area contributed by atoms with Crippen molar-refractivity contribution in [2.75, 3.05) is 0 Å². The van der Waals surface area contributed by atoms with Crippen LogP contribution in [0.3, 0.4) is 0 Å². The van der Waals surface area contributed by atoms with Gasteiger partial charge in [0.25, 0.3) is 0 Å². The Labute approximate surface area is 92.4 Å². The summed E-state index contributed by atoms with van der Waals surface area (Å²) in [7, 11) is 0. The first kappa shape index (κ1) is 12.3. The molecule has 0 aliphatic heterocycles. The van der Waals surface area contributed by atoms with E-state index in [0.29, 0.717) is 5.92 Å². The first-order chi connectivity index (χ1) is 6.98. The van der Waals surface area contributed by atoms with E-state index < -0.39 is 5.97 Å².